The van der Waals surface area contributed by atoms with Crippen LogP contribution in [-0.4, -0.2) is 23.6 Å². The van der Waals surface area contributed by atoms with Crippen LogP contribution < -0.4 is 0 Å². The van der Waals surface area contributed by atoms with E-state index in [2.05, 4.69) is 0 Å². The Morgan fingerprint density at radius 3 is 2.29 bits per heavy atom. The van der Waals surface area contributed by atoms with E-state index in [0.29, 0.717) is 0 Å². The zero-order valence-electron chi connectivity index (χ0n) is 11.1. The first-order valence-corrected chi connectivity index (χ1v) is 5.19. The third-order valence-corrected chi connectivity index (χ3v) is 1.90. The fraction of sp³-hybridized carbons (Fsp3) is 0.385. The lowest BCUT2D eigenvalue weighted by atomic mass is 9.98. The summed E-state index contributed by atoms with van der Waals surface area (Å²) in [7, 11) is 0. The Bertz CT molecular complexity index is 462. The molecule has 17 heavy (non-hydrogen) atoms. The molecule has 1 aromatic rings. The zero-order valence-corrected chi connectivity index (χ0v) is 10.1. The van der Waals surface area contributed by atoms with Crippen molar-refractivity contribution in [2.75, 3.05) is 6.58 Å². The van der Waals surface area contributed by atoms with Gasteiger partial charge in [-0.05, 0) is 17.5 Å². The maximum Gasteiger partial charge on any atom is 0.339 e. The van der Waals surface area contributed by atoms with Crippen LogP contribution in [0.3, 0.4) is 0 Å². The molecule has 0 spiro atoms. The zero-order chi connectivity index (χ0) is 13.9. The fourth-order valence-corrected chi connectivity index (χ4v) is 1.14. The molecule has 1 atom stereocenters. The van der Waals surface area contributed by atoms with Crippen molar-refractivity contribution in [2.24, 2.45) is 5.41 Å². The van der Waals surface area contributed by atoms with E-state index >= 15 is 0 Å². The van der Waals surface area contributed by atoms with Crippen LogP contribution in [0.5, 0.6) is 0 Å². The van der Waals surface area contributed by atoms with E-state index in [1.165, 1.54) is 18.2 Å². The van der Waals surface area contributed by atoms with Crippen molar-refractivity contribution < 1.29 is 20.8 Å². The molecule has 0 aliphatic carbocycles. The number of esters is 1. The van der Waals surface area contributed by atoms with Gasteiger partial charge in [0, 0.05) is 0 Å². The molecule has 0 amide bonds. The normalized spacial score (nSPS) is 13.7. The topological polar surface area (TPSA) is 63.6 Å². The molecule has 0 saturated carbocycles. The second-order valence-corrected chi connectivity index (χ2v) is 4.74. The molecule has 1 aromatic carbocycles. The Kier molecular flexibility index (Phi) is 3.42. The highest BCUT2D eigenvalue weighted by molar-refractivity contribution is 6.02. The first kappa shape index (κ1) is 11.6. The van der Waals surface area contributed by atoms with Crippen molar-refractivity contribution in [3.63, 3.8) is 0 Å². The highest BCUT2D eigenvalue weighted by atomic mass is 16.5. The van der Waals surface area contributed by atoms with Crippen LogP contribution in [0, 0.1) is 5.41 Å². The molecule has 0 heterocycles. The molecule has 1 rings (SSSR count). The molecule has 4 nitrogen and oxygen atoms in total. The van der Waals surface area contributed by atoms with Crippen molar-refractivity contribution >= 4 is 11.9 Å². The Hall–Kier alpha value is -1.84. The van der Waals surface area contributed by atoms with Crippen LogP contribution in [0.4, 0.5) is 0 Å². The lowest BCUT2D eigenvalue weighted by Gasteiger charge is -2.18. The van der Waals surface area contributed by atoms with Gasteiger partial charge in [-0.2, -0.15) is 0 Å². The van der Waals surface area contributed by atoms with Crippen LogP contribution >= 0.6 is 0 Å². The number of carboxylic acid groups (broad SMARTS) is 1. The van der Waals surface area contributed by atoms with Crippen LogP contribution in [0.25, 0.3) is 0 Å². The van der Waals surface area contributed by atoms with E-state index in [4.69, 9.17) is 11.2 Å². The van der Waals surface area contributed by atoms with Gasteiger partial charge in [0.05, 0.1) is 19.1 Å². The van der Waals surface area contributed by atoms with Crippen molar-refractivity contribution in [1.29, 1.82) is 0 Å². The maximum absolute atomic E-state index is 11.8. The summed E-state index contributed by atoms with van der Waals surface area (Å²) in [5.41, 5.74) is -0.677. The van der Waals surface area contributed by atoms with E-state index < -0.39 is 23.9 Å². The summed E-state index contributed by atoms with van der Waals surface area (Å²) in [6, 6.07) is 5.79. The standard InChI is InChI=1S/C13H16O4/c1-13(2,3)8-17-12(16)10-7-5-4-6-9(10)11(14)15/h4-7H,8H2,1-3H3,(H,14,15)/i8D/t8-/m0/s1. The molecule has 0 radical (unpaired) electrons. The van der Waals surface area contributed by atoms with Gasteiger partial charge in [-0.3, -0.25) is 0 Å². The molecule has 0 saturated heterocycles. The molecule has 0 unspecified atom stereocenters. The van der Waals surface area contributed by atoms with Crippen LogP contribution in [-0.2, 0) is 4.74 Å². The Balaban J connectivity index is 2.95. The van der Waals surface area contributed by atoms with Gasteiger partial charge >= 0.3 is 11.9 Å². The first-order chi connectivity index (χ1) is 8.23. The van der Waals surface area contributed by atoms with E-state index in [1.54, 1.807) is 26.8 Å². The second-order valence-electron chi connectivity index (χ2n) is 4.74. The summed E-state index contributed by atoms with van der Waals surface area (Å²) >= 11 is 0. The summed E-state index contributed by atoms with van der Waals surface area (Å²) in [4.78, 5) is 22.8. The highest BCUT2D eigenvalue weighted by Gasteiger charge is 2.19. The largest absolute Gasteiger partial charge is 0.478 e. The minimum atomic E-state index is -1.19. The third-order valence-electron chi connectivity index (χ3n) is 1.90. The monoisotopic (exact) mass is 237 g/mol. The molecule has 0 aliphatic heterocycles. The van der Waals surface area contributed by atoms with Crippen LogP contribution in [0.15, 0.2) is 24.3 Å². The quantitative estimate of drug-likeness (QED) is 0.821. The van der Waals surface area contributed by atoms with Gasteiger partial charge in [0.15, 0.2) is 0 Å². The van der Waals surface area contributed by atoms with Gasteiger partial charge in [-0.15, -0.1) is 0 Å². The van der Waals surface area contributed by atoms with Gasteiger partial charge in [0.25, 0.3) is 0 Å². The minimum Gasteiger partial charge on any atom is -0.478 e. The van der Waals surface area contributed by atoms with Crippen LogP contribution in [0.1, 0.15) is 42.9 Å². The lowest BCUT2D eigenvalue weighted by Crippen LogP contribution is -2.19. The van der Waals surface area contributed by atoms with Crippen molar-refractivity contribution in [3.8, 4) is 0 Å². The Morgan fingerprint density at radius 2 is 1.82 bits per heavy atom. The number of carbonyl (C=O) groups is 2. The molecule has 92 valence electrons. The predicted molar refractivity (Wildman–Crippen MR) is 63.1 cm³/mol. The predicted octanol–water partition coefficient (Wildman–Crippen LogP) is 2.59. The number of hydrogen-bond donors (Lipinski definition) is 1. The summed E-state index contributed by atoms with van der Waals surface area (Å²) in [5, 5.41) is 8.95. The molecule has 0 aromatic heterocycles. The van der Waals surface area contributed by atoms with Crippen molar-refractivity contribution in [2.45, 2.75) is 20.8 Å². The summed E-state index contributed by atoms with van der Waals surface area (Å²) in [6.07, 6.45) is 0. The minimum absolute atomic E-state index is 0.0356. The van der Waals surface area contributed by atoms with Gasteiger partial charge in [0.1, 0.15) is 0 Å². The second kappa shape index (κ2) is 4.99. The van der Waals surface area contributed by atoms with Crippen LogP contribution in [0.2, 0.25) is 0 Å². The average Bonchev–Trinajstić information content (AvgIpc) is 2.27. The van der Waals surface area contributed by atoms with E-state index in [1.807, 2.05) is 0 Å². The Labute approximate surface area is 102 Å². The molecule has 1 N–H and O–H groups in total. The molecular weight excluding hydrogens is 220 g/mol. The number of carbonyl (C=O) groups excluding carboxylic acids is 1. The molecule has 4 heteroatoms. The SMILES string of the molecule is [2H][C@H](OC(=O)c1ccccc1C(=O)O)C(C)(C)C. The Morgan fingerprint density at radius 1 is 1.29 bits per heavy atom. The number of hydrogen-bond acceptors (Lipinski definition) is 3. The number of benzene rings is 1. The van der Waals surface area contributed by atoms with E-state index in [0.717, 1.165) is 0 Å². The smallest absolute Gasteiger partial charge is 0.339 e. The first-order valence-electron chi connectivity index (χ1n) is 5.77. The third kappa shape index (κ3) is 3.90. The maximum atomic E-state index is 11.8. The molecule has 0 bridgehead atoms. The molecular formula is C13H16O4. The van der Waals surface area contributed by atoms with Gasteiger partial charge in [0.2, 0.25) is 0 Å². The number of aromatic carboxylic acids is 1. The summed E-state index contributed by atoms with van der Waals surface area (Å²) in [5.74, 6) is -1.98. The molecule has 0 aliphatic rings. The number of ether oxygens (including phenoxy) is 1. The summed E-state index contributed by atoms with van der Waals surface area (Å²) in [6.45, 7) is 4.25. The highest BCUT2D eigenvalue weighted by Crippen LogP contribution is 2.16. The summed E-state index contributed by atoms with van der Waals surface area (Å²) < 4.78 is 12.6. The van der Waals surface area contributed by atoms with E-state index in [-0.39, 0.29) is 11.1 Å². The van der Waals surface area contributed by atoms with Crippen molar-refractivity contribution in [1.82, 2.24) is 0 Å². The van der Waals surface area contributed by atoms with Crippen molar-refractivity contribution in [3.05, 3.63) is 35.4 Å². The fourth-order valence-electron chi connectivity index (χ4n) is 1.14. The average molecular weight is 237 g/mol. The van der Waals surface area contributed by atoms with Gasteiger partial charge in [-0.25, -0.2) is 9.59 Å². The number of rotatable bonds is 3. The van der Waals surface area contributed by atoms with E-state index in [9.17, 15) is 9.59 Å². The van der Waals surface area contributed by atoms with Gasteiger partial charge in [-0.1, -0.05) is 32.9 Å². The molecule has 0 fully saturated rings. The number of carboxylic acids is 1. The lowest BCUT2D eigenvalue weighted by molar-refractivity contribution is 0.0361. The van der Waals surface area contributed by atoms with Gasteiger partial charge < -0.3 is 9.84 Å².